The molecule has 0 fully saturated rings. The van der Waals surface area contributed by atoms with E-state index in [-0.39, 0.29) is 49.5 Å². The van der Waals surface area contributed by atoms with Crippen molar-refractivity contribution in [3.8, 4) is 0 Å². The lowest BCUT2D eigenvalue weighted by molar-refractivity contribution is -0.141. The van der Waals surface area contributed by atoms with E-state index in [0.717, 1.165) is 17.0 Å². The van der Waals surface area contributed by atoms with E-state index in [0.29, 0.717) is 22.0 Å². The summed E-state index contributed by atoms with van der Waals surface area (Å²) in [6.07, 6.45) is 2.18. The van der Waals surface area contributed by atoms with Gasteiger partial charge in [-0.3, -0.25) is 13.9 Å². The minimum atomic E-state index is -3.79. The van der Waals surface area contributed by atoms with Crippen LogP contribution in [0.3, 0.4) is 0 Å². The minimum Gasteiger partial charge on any atom is -0.352 e. The van der Waals surface area contributed by atoms with Crippen LogP contribution < -0.4 is 9.62 Å². The van der Waals surface area contributed by atoms with Crippen molar-refractivity contribution in [2.45, 2.75) is 65.1 Å². The van der Waals surface area contributed by atoms with Crippen LogP contribution in [0.4, 0.5) is 10.1 Å². The summed E-state index contributed by atoms with van der Waals surface area (Å²) in [7, 11) is -3.79. The first-order valence-electron chi connectivity index (χ1n) is 12.1. The fourth-order valence-corrected chi connectivity index (χ4v) is 5.12. The van der Waals surface area contributed by atoms with Crippen molar-refractivity contribution in [1.29, 1.82) is 0 Å². The Balaban J connectivity index is 2.26. The summed E-state index contributed by atoms with van der Waals surface area (Å²) in [6.45, 7) is 5.68. The molecule has 0 radical (unpaired) electrons. The molecule has 0 saturated heterocycles. The van der Waals surface area contributed by atoms with E-state index in [1.165, 1.54) is 23.1 Å². The molecule has 1 N–H and O–H groups in total. The first-order chi connectivity index (χ1) is 17.4. The summed E-state index contributed by atoms with van der Waals surface area (Å²) in [5.74, 6) is -1.28. The Labute approximate surface area is 229 Å². The van der Waals surface area contributed by atoms with Crippen LogP contribution in [0.1, 0.15) is 52.0 Å². The molecule has 0 saturated carbocycles. The monoisotopic (exact) mass is 573 g/mol. The van der Waals surface area contributed by atoms with Crippen LogP contribution in [0.15, 0.2) is 42.5 Å². The van der Waals surface area contributed by atoms with Gasteiger partial charge in [-0.2, -0.15) is 0 Å². The largest absolute Gasteiger partial charge is 0.352 e. The van der Waals surface area contributed by atoms with Crippen molar-refractivity contribution in [3.05, 3.63) is 63.9 Å². The minimum absolute atomic E-state index is 0.0467. The zero-order chi connectivity index (χ0) is 27.8. The number of para-hydroxylation sites is 1. The molecule has 2 amide bonds. The van der Waals surface area contributed by atoms with Gasteiger partial charge in [0.15, 0.2) is 0 Å². The molecule has 2 rings (SSSR count). The van der Waals surface area contributed by atoms with Gasteiger partial charge < -0.3 is 10.2 Å². The van der Waals surface area contributed by atoms with Gasteiger partial charge in [0.1, 0.15) is 11.9 Å². The molecular weight excluding hydrogens is 540 g/mol. The highest BCUT2D eigenvalue weighted by atomic mass is 35.5. The highest BCUT2D eigenvalue weighted by Crippen LogP contribution is 2.25. The number of amides is 2. The molecule has 0 aliphatic rings. The Morgan fingerprint density at radius 1 is 1.05 bits per heavy atom. The Hall–Kier alpha value is -2.36. The number of rotatable bonds is 13. The number of carbonyl (C=O) groups excluding carboxylic acids is 2. The van der Waals surface area contributed by atoms with Gasteiger partial charge in [0.05, 0.1) is 22.0 Å². The Morgan fingerprint density at radius 3 is 2.30 bits per heavy atom. The van der Waals surface area contributed by atoms with E-state index in [1.807, 2.05) is 20.8 Å². The number of halogens is 3. The molecule has 204 valence electrons. The summed E-state index contributed by atoms with van der Waals surface area (Å²) >= 11 is 12.2. The second kappa shape index (κ2) is 14.0. The molecule has 37 heavy (non-hydrogen) atoms. The fourth-order valence-electron chi connectivity index (χ4n) is 3.83. The van der Waals surface area contributed by atoms with E-state index in [2.05, 4.69) is 5.32 Å². The molecule has 0 heterocycles. The molecule has 7 nitrogen and oxygen atoms in total. The van der Waals surface area contributed by atoms with Crippen LogP contribution >= 0.6 is 23.2 Å². The molecule has 2 aromatic rings. The van der Waals surface area contributed by atoms with Crippen LogP contribution in [0, 0.1) is 5.82 Å². The third-order valence-corrected chi connectivity index (χ3v) is 7.92. The summed E-state index contributed by atoms with van der Waals surface area (Å²) in [5.41, 5.74) is 0.617. The van der Waals surface area contributed by atoms with E-state index < -0.39 is 21.9 Å². The van der Waals surface area contributed by atoms with Gasteiger partial charge in [0.2, 0.25) is 21.8 Å². The SMILES string of the molecule is CC[C@H](C(=O)N[C@@H](C)CC)N(Cc1ccc(Cl)c(Cl)c1)C(=O)CCCN(c1ccccc1F)S(C)(=O)=O. The van der Waals surface area contributed by atoms with Gasteiger partial charge in [0.25, 0.3) is 0 Å². The molecule has 2 atom stereocenters. The van der Waals surface area contributed by atoms with Crippen LogP contribution in [-0.2, 0) is 26.2 Å². The Morgan fingerprint density at radius 2 is 1.73 bits per heavy atom. The van der Waals surface area contributed by atoms with Crippen molar-refractivity contribution in [1.82, 2.24) is 10.2 Å². The van der Waals surface area contributed by atoms with Crippen LogP contribution in [0.25, 0.3) is 0 Å². The van der Waals surface area contributed by atoms with Gasteiger partial charge in [-0.1, -0.05) is 55.2 Å². The van der Waals surface area contributed by atoms with Crippen molar-refractivity contribution in [2.75, 3.05) is 17.1 Å². The lowest BCUT2D eigenvalue weighted by Gasteiger charge is -2.32. The standard InChI is InChI=1S/C26H34Cl2FN3O4S/c1-5-18(3)30-26(34)23(6-2)31(17-19-13-14-20(27)21(28)16-19)25(33)12-9-15-32(37(4,35)36)24-11-8-7-10-22(24)29/h7-8,10-11,13-14,16,18,23H,5-6,9,12,15,17H2,1-4H3,(H,30,34)/t18-,23+/m0/s1. The predicted molar refractivity (Wildman–Crippen MR) is 147 cm³/mol. The number of sulfonamides is 1. The topological polar surface area (TPSA) is 86.8 Å². The molecule has 0 spiro atoms. The number of nitrogens with zero attached hydrogens (tertiary/aromatic N) is 2. The third kappa shape index (κ3) is 8.86. The van der Waals surface area contributed by atoms with Gasteiger partial charge in [-0.05, 0) is 56.0 Å². The molecule has 0 aliphatic carbocycles. The number of anilines is 1. The molecule has 2 aromatic carbocycles. The zero-order valence-corrected chi connectivity index (χ0v) is 23.8. The van der Waals surface area contributed by atoms with Gasteiger partial charge in [-0.25, -0.2) is 12.8 Å². The molecule has 0 aromatic heterocycles. The first kappa shape index (κ1) is 30.9. The second-order valence-corrected chi connectivity index (χ2v) is 11.6. The van der Waals surface area contributed by atoms with E-state index in [4.69, 9.17) is 23.2 Å². The molecule has 0 bridgehead atoms. The van der Waals surface area contributed by atoms with Crippen LogP contribution in [0.5, 0.6) is 0 Å². The van der Waals surface area contributed by atoms with Gasteiger partial charge >= 0.3 is 0 Å². The van der Waals surface area contributed by atoms with Crippen molar-refractivity contribution >= 4 is 50.7 Å². The highest BCUT2D eigenvalue weighted by molar-refractivity contribution is 7.92. The summed E-state index contributed by atoms with van der Waals surface area (Å²) in [5, 5.41) is 3.64. The number of benzene rings is 2. The maximum Gasteiger partial charge on any atom is 0.243 e. The first-order valence-corrected chi connectivity index (χ1v) is 14.7. The number of carbonyl (C=O) groups is 2. The lowest BCUT2D eigenvalue weighted by atomic mass is 10.1. The third-order valence-electron chi connectivity index (χ3n) is 6.00. The summed E-state index contributed by atoms with van der Waals surface area (Å²) < 4.78 is 40.0. The normalized spacial score (nSPS) is 13.1. The van der Waals surface area contributed by atoms with Gasteiger partial charge in [0, 0.05) is 25.6 Å². The number of hydrogen-bond donors (Lipinski definition) is 1. The number of hydrogen-bond acceptors (Lipinski definition) is 4. The fraction of sp³-hybridized carbons (Fsp3) is 0.462. The van der Waals surface area contributed by atoms with Crippen LogP contribution in [0.2, 0.25) is 10.0 Å². The van der Waals surface area contributed by atoms with Crippen molar-refractivity contribution in [3.63, 3.8) is 0 Å². The van der Waals surface area contributed by atoms with E-state index in [9.17, 15) is 22.4 Å². The average molecular weight is 575 g/mol. The lowest BCUT2D eigenvalue weighted by Crippen LogP contribution is -2.50. The average Bonchev–Trinajstić information content (AvgIpc) is 2.83. The molecule has 0 unspecified atom stereocenters. The molecule has 11 heteroatoms. The van der Waals surface area contributed by atoms with E-state index >= 15 is 0 Å². The Kier molecular flexibility index (Phi) is 11.7. The second-order valence-electron chi connectivity index (χ2n) is 8.90. The highest BCUT2D eigenvalue weighted by Gasteiger charge is 2.29. The van der Waals surface area contributed by atoms with Crippen LogP contribution in [-0.4, -0.2) is 50.0 Å². The molecule has 0 aliphatic heterocycles. The van der Waals surface area contributed by atoms with Crippen molar-refractivity contribution < 1.29 is 22.4 Å². The quantitative estimate of drug-likeness (QED) is 0.347. The predicted octanol–water partition coefficient (Wildman–Crippen LogP) is 5.40. The van der Waals surface area contributed by atoms with Gasteiger partial charge in [-0.15, -0.1) is 0 Å². The summed E-state index contributed by atoms with van der Waals surface area (Å²) in [4.78, 5) is 28.0. The smallest absolute Gasteiger partial charge is 0.243 e. The number of nitrogens with one attached hydrogen (secondary N) is 1. The zero-order valence-electron chi connectivity index (χ0n) is 21.5. The molecular formula is C26H34Cl2FN3O4S. The van der Waals surface area contributed by atoms with E-state index in [1.54, 1.807) is 24.3 Å². The van der Waals surface area contributed by atoms with Crippen molar-refractivity contribution in [2.24, 2.45) is 0 Å². The maximum absolute atomic E-state index is 14.3. The summed E-state index contributed by atoms with van der Waals surface area (Å²) in [6, 6.07) is 9.77. The maximum atomic E-state index is 14.3. The Bertz CT molecular complexity index is 1200.